The minimum absolute atomic E-state index is 0.0235. The molecule has 10 nitrogen and oxygen atoms in total. The fourth-order valence-corrected chi connectivity index (χ4v) is 2.95. The topological polar surface area (TPSA) is 175 Å². The molecule has 0 aliphatic rings. The number of carbonyl (C=O) groups excluding carboxylic acids is 2. The lowest BCUT2D eigenvalue weighted by molar-refractivity contribution is -0.143. The highest BCUT2D eigenvalue weighted by Crippen LogP contribution is 2.19. The monoisotopic (exact) mass is 418 g/mol. The van der Waals surface area contributed by atoms with Crippen LogP contribution in [0.4, 0.5) is 0 Å². The number of rotatable bonds is 10. The quantitative estimate of drug-likeness (QED) is 0.320. The maximum atomic E-state index is 12.6. The number of hydrogen-bond acceptors (Lipinski definition) is 5. The number of fused-ring (bicyclic) bond motifs is 1. The molecule has 7 N–H and O–H groups in total. The number of benzene rings is 1. The summed E-state index contributed by atoms with van der Waals surface area (Å²) in [6, 6.07) is 3.60. The molecule has 1 aromatic carbocycles. The number of carboxylic acid groups (broad SMARTS) is 2. The van der Waals surface area contributed by atoms with Gasteiger partial charge >= 0.3 is 11.9 Å². The molecule has 3 atom stereocenters. The minimum atomic E-state index is -1.45. The van der Waals surface area contributed by atoms with Crippen molar-refractivity contribution in [3.05, 3.63) is 36.0 Å². The van der Waals surface area contributed by atoms with Crippen molar-refractivity contribution in [2.75, 3.05) is 0 Å². The number of aliphatic carboxylic acids is 2. The first-order valence-corrected chi connectivity index (χ1v) is 9.46. The van der Waals surface area contributed by atoms with Crippen LogP contribution in [0.25, 0.3) is 10.9 Å². The van der Waals surface area contributed by atoms with E-state index in [9.17, 15) is 24.3 Å². The van der Waals surface area contributed by atoms with Gasteiger partial charge in [0.1, 0.15) is 12.1 Å². The molecule has 0 spiro atoms. The first-order chi connectivity index (χ1) is 14.1. The van der Waals surface area contributed by atoms with Gasteiger partial charge in [-0.1, -0.05) is 32.0 Å². The Morgan fingerprint density at radius 1 is 1.03 bits per heavy atom. The third-order valence-corrected chi connectivity index (χ3v) is 4.75. The van der Waals surface area contributed by atoms with E-state index in [4.69, 9.17) is 10.8 Å². The highest BCUT2D eigenvalue weighted by atomic mass is 16.4. The normalized spacial score (nSPS) is 14.1. The molecule has 0 saturated heterocycles. The van der Waals surface area contributed by atoms with Crippen molar-refractivity contribution in [3.63, 3.8) is 0 Å². The minimum Gasteiger partial charge on any atom is -0.481 e. The molecule has 0 radical (unpaired) electrons. The number of H-pyrrole nitrogens is 1. The van der Waals surface area contributed by atoms with Gasteiger partial charge in [0.2, 0.25) is 11.8 Å². The largest absolute Gasteiger partial charge is 0.481 e. The molecule has 30 heavy (non-hydrogen) atoms. The van der Waals surface area contributed by atoms with Gasteiger partial charge in [0.15, 0.2) is 0 Å². The molecule has 1 aromatic heterocycles. The maximum Gasteiger partial charge on any atom is 0.326 e. The summed E-state index contributed by atoms with van der Waals surface area (Å²) in [4.78, 5) is 50.7. The molecule has 1 heterocycles. The average molecular weight is 418 g/mol. The van der Waals surface area contributed by atoms with Gasteiger partial charge in [-0.05, 0) is 17.5 Å². The number of hydrogen-bond donors (Lipinski definition) is 6. The summed E-state index contributed by atoms with van der Waals surface area (Å²) < 4.78 is 0. The van der Waals surface area contributed by atoms with Crippen LogP contribution < -0.4 is 16.4 Å². The third kappa shape index (κ3) is 5.80. The van der Waals surface area contributed by atoms with Crippen molar-refractivity contribution in [2.24, 2.45) is 11.7 Å². The van der Waals surface area contributed by atoms with E-state index in [1.165, 1.54) is 0 Å². The molecule has 0 bridgehead atoms. The molecule has 0 aliphatic heterocycles. The number of aromatic amines is 1. The van der Waals surface area contributed by atoms with Gasteiger partial charge in [-0.15, -0.1) is 0 Å². The van der Waals surface area contributed by atoms with E-state index in [-0.39, 0.29) is 12.3 Å². The Morgan fingerprint density at radius 2 is 1.67 bits per heavy atom. The summed E-state index contributed by atoms with van der Waals surface area (Å²) in [6.45, 7) is 3.41. The van der Waals surface area contributed by atoms with Crippen molar-refractivity contribution < 1.29 is 29.4 Å². The lowest BCUT2D eigenvalue weighted by Crippen LogP contribution is -2.56. The molecular formula is C20H26N4O6. The second kappa shape index (κ2) is 9.88. The van der Waals surface area contributed by atoms with Gasteiger partial charge < -0.3 is 31.6 Å². The first-order valence-electron chi connectivity index (χ1n) is 9.46. The Bertz CT molecular complexity index is 938. The summed E-state index contributed by atoms with van der Waals surface area (Å²) in [5.41, 5.74) is 7.24. The third-order valence-electron chi connectivity index (χ3n) is 4.75. The van der Waals surface area contributed by atoms with Crippen LogP contribution in [-0.2, 0) is 25.6 Å². The molecular weight excluding hydrogens is 392 g/mol. The van der Waals surface area contributed by atoms with E-state index in [0.29, 0.717) is 5.56 Å². The fourth-order valence-electron chi connectivity index (χ4n) is 2.95. The lowest BCUT2D eigenvalue weighted by Gasteiger charge is -2.23. The van der Waals surface area contributed by atoms with Crippen LogP contribution in [-0.4, -0.2) is 57.1 Å². The highest BCUT2D eigenvalue weighted by Gasteiger charge is 2.30. The van der Waals surface area contributed by atoms with Crippen LogP contribution in [0.5, 0.6) is 0 Å². The Labute approximate surface area is 172 Å². The molecule has 162 valence electrons. The number of nitrogens with two attached hydrogens (primary N) is 1. The first kappa shape index (κ1) is 22.9. The van der Waals surface area contributed by atoms with E-state index in [1.54, 1.807) is 20.0 Å². The van der Waals surface area contributed by atoms with Crippen LogP contribution in [0, 0.1) is 5.92 Å². The Hall–Kier alpha value is -3.40. The number of para-hydroxylation sites is 1. The van der Waals surface area contributed by atoms with Crippen molar-refractivity contribution in [3.8, 4) is 0 Å². The van der Waals surface area contributed by atoms with E-state index in [1.807, 2.05) is 24.3 Å². The number of carboxylic acids is 2. The van der Waals surface area contributed by atoms with Crippen LogP contribution in [0.1, 0.15) is 25.8 Å². The summed E-state index contributed by atoms with van der Waals surface area (Å²) >= 11 is 0. The Kier molecular flexibility index (Phi) is 7.54. The average Bonchev–Trinajstić information content (AvgIpc) is 3.08. The molecule has 3 unspecified atom stereocenters. The summed E-state index contributed by atoms with van der Waals surface area (Å²) in [5.74, 6) is -4.43. The molecule has 0 aliphatic carbocycles. The standard InChI is InChI=1S/C20H26N4O6/c1-10(2)17(21)19(28)23-14(8-16(25)26)18(27)24-15(20(29)30)7-11-9-22-13-6-4-3-5-12(11)13/h3-6,9-10,14-15,17,22H,7-8,21H2,1-2H3,(H,23,28)(H,24,27)(H,25,26)(H,29,30). The zero-order valence-corrected chi connectivity index (χ0v) is 16.7. The second-order valence-corrected chi connectivity index (χ2v) is 7.39. The van der Waals surface area contributed by atoms with E-state index in [0.717, 1.165) is 10.9 Å². The van der Waals surface area contributed by atoms with Crippen LogP contribution in [0.2, 0.25) is 0 Å². The summed E-state index contributed by atoms with van der Waals surface area (Å²) in [5, 5.41) is 24.1. The smallest absolute Gasteiger partial charge is 0.326 e. The van der Waals surface area contributed by atoms with Gasteiger partial charge in [0.05, 0.1) is 12.5 Å². The zero-order chi connectivity index (χ0) is 22.4. The molecule has 2 amide bonds. The maximum absolute atomic E-state index is 12.6. The van der Waals surface area contributed by atoms with E-state index in [2.05, 4.69) is 15.6 Å². The van der Waals surface area contributed by atoms with Crippen molar-refractivity contribution >= 4 is 34.7 Å². The Balaban J connectivity index is 2.16. The van der Waals surface area contributed by atoms with Crippen LogP contribution in [0.3, 0.4) is 0 Å². The second-order valence-electron chi connectivity index (χ2n) is 7.39. The van der Waals surface area contributed by atoms with E-state index < -0.39 is 48.3 Å². The van der Waals surface area contributed by atoms with Gasteiger partial charge in [-0.25, -0.2) is 4.79 Å². The van der Waals surface area contributed by atoms with Crippen molar-refractivity contribution in [2.45, 2.75) is 44.8 Å². The number of carbonyl (C=O) groups is 4. The van der Waals surface area contributed by atoms with Gasteiger partial charge in [-0.3, -0.25) is 14.4 Å². The number of aromatic nitrogens is 1. The lowest BCUT2D eigenvalue weighted by atomic mass is 10.0. The van der Waals surface area contributed by atoms with E-state index >= 15 is 0 Å². The summed E-state index contributed by atoms with van der Waals surface area (Å²) in [7, 11) is 0. The molecule has 2 rings (SSSR count). The highest BCUT2D eigenvalue weighted by molar-refractivity contribution is 5.94. The Morgan fingerprint density at radius 3 is 2.27 bits per heavy atom. The SMILES string of the molecule is CC(C)C(N)C(=O)NC(CC(=O)O)C(=O)NC(Cc1c[nH]c2ccccc12)C(=O)O. The molecule has 2 aromatic rings. The van der Waals surface area contributed by atoms with Crippen LogP contribution in [0.15, 0.2) is 30.5 Å². The predicted octanol–water partition coefficient (Wildman–Crippen LogP) is 0.223. The molecule has 0 fully saturated rings. The fraction of sp³-hybridized carbons (Fsp3) is 0.400. The number of amides is 2. The van der Waals surface area contributed by atoms with Gasteiger partial charge in [0, 0.05) is 23.5 Å². The molecule has 10 heteroatoms. The molecule has 0 saturated carbocycles. The van der Waals surface area contributed by atoms with Gasteiger partial charge in [0.25, 0.3) is 0 Å². The predicted molar refractivity (Wildman–Crippen MR) is 109 cm³/mol. The van der Waals surface area contributed by atoms with Gasteiger partial charge in [-0.2, -0.15) is 0 Å². The van der Waals surface area contributed by atoms with Crippen molar-refractivity contribution in [1.82, 2.24) is 15.6 Å². The summed E-state index contributed by atoms with van der Waals surface area (Å²) in [6.07, 6.45) is 0.928. The zero-order valence-electron chi connectivity index (χ0n) is 16.7. The van der Waals surface area contributed by atoms with Crippen molar-refractivity contribution in [1.29, 1.82) is 0 Å². The van der Waals surface area contributed by atoms with Crippen LogP contribution >= 0.6 is 0 Å². The number of nitrogens with one attached hydrogen (secondary N) is 3.